The second-order valence-corrected chi connectivity index (χ2v) is 6.26. The first-order chi connectivity index (χ1) is 10.9. The molecule has 1 unspecified atom stereocenters. The molecular weight excluding hydrogens is 300 g/mol. The number of ether oxygens (including phenoxy) is 2. The van der Waals surface area contributed by atoms with Gasteiger partial charge < -0.3 is 20.1 Å². The van der Waals surface area contributed by atoms with Gasteiger partial charge in [-0.15, -0.1) is 4.68 Å². The highest BCUT2D eigenvalue weighted by molar-refractivity contribution is 5.96. The van der Waals surface area contributed by atoms with E-state index in [-0.39, 0.29) is 18.1 Å². The molecule has 1 aromatic rings. The van der Waals surface area contributed by atoms with E-state index in [9.17, 15) is 9.59 Å². The fourth-order valence-corrected chi connectivity index (χ4v) is 2.94. The molecular formula is C15H22N4O4. The summed E-state index contributed by atoms with van der Waals surface area (Å²) in [6, 6.07) is 0. The van der Waals surface area contributed by atoms with E-state index in [1.807, 2.05) is 13.8 Å². The minimum Gasteiger partial charge on any atom is -0.448 e. The fourth-order valence-electron chi connectivity index (χ4n) is 2.94. The number of nitrogens with one attached hydrogen (secondary N) is 2. The van der Waals surface area contributed by atoms with Crippen LogP contribution in [0.1, 0.15) is 44.9 Å². The van der Waals surface area contributed by atoms with Crippen LogP contribution >= 0.6 is 0 Å². The summed E-state index contributed by atoms with van der Waals surface area (Å²) in [6.07, 6.45) is 0.478. The normalized spacial score (nSPS) is 22.0. The van der Waals surface area contributed by atoms with Crippen molar-refractivity contribution in [3.63, 3.8) is 0 Å². The van der Waals surface area contributed by atoms with Crippen LogP contribution in [-0.4, -0.2) is 41.1 Å². The molecule has 0 bridgehead atoms. The standard InChI is InChI=1S/C15H22N4O4/c1-4-22-14(21)19-12(17-13(20)10-6-5-7-23-10)9-8-16-15(2,3)11(9)18-19/h10,16H,4-8H2,1-3H3,(H,17,20). The maximum atomic E-state index is 12.4. The van der Waals surface area contributed by atoms with Crippen molar-refractivity contribution in [3.05, 3.63) is 11.3 Å². The smallest absolute Gasteiger partial charge is 0.436 e. The van der Waals surface area contributed by atoms with Gasteiger partial charge in [-0.2, -0.15) is 5.10 Å². The van der Waals surface area contributed by atoms with Crippen LogP contribution in [-0.2, 0) is 26.4 Å². The largest absolute Gasteiger partial charge is 0.448 e. The first-order valence-corrected chi connectivity index (χ1v) is 7.91. The Bertz CT molecular complexity index is 632. The molecule has 8 nitrogen and oxygen atoms in total. The average Bonchev–Trinajstić information content (AvgIpc) is 3.18. The van der Waals surface area contributed by atoms with Gasteiger partial charge in [0.25, 0.3) is 5.91 Å². The van der Waals surface area contributed by atoms with Gasteiger partial charge in [0.15, 0.2) is 0 Å². The zero-order valence-electron chi connectivity index (χ0n) is 13.6. The maximum Gasteiger partial charge on any atom is 0.436 e. The van der Waals surface area contributed by atoms with Gasteiger partial charge in [0.1, 0.15) is 11.9 Å². The van der Waals surface area contributed by atoms with Crippen LogP contribution in [0.5, 0.6) is 0 Å². The van der Waals surface area contributed by atoms with E-state index in [0.717, 1.165) is 22.4 Å². The lowest BCUT2D eigenvalue weighted by atomic mass is 10.0. The number of anilines is 1. The molecule has 23 heavy (non-hydrogen) atoms. The Morgan fingerprint density at radius 1 is 1.52 bits per heavy atom. The summed E-state index contributed by atoms with van der Waals surface area (Å²) in [7, 11) is 0. The van der Waals surface area contributed by atoms with Gasteiger partial charge in [0.05, 0.1) is 17.8 Å². The summed E-state index contributed by atoms with van der Waals surface area (Å²) < 4.78 is 11.6. The van der Waals surface area contributed by atoms with Crippen LogP contribution in [0.4, 0.5) is 10.6 Å². The Hall–Kier alpha value is -1.93. The third-order valence-corrected chi connectivity index (χ3v) is 4.19. The van der Waals surface area contributed by atoms with Crippen molar-refractivity contribution in [2.75, 3.05) is 18.5 Å². The second-order valence-electron chi connectivity index (χ2n) is 6.26. The van der Waals surface area contributed by atoms with Crippen LogP contribution < -0.4 is 10.6 Å². The summed E-state index contributed by atoms with van der Waals surface area (Å²) in [5, 5.41) is 10.5. The Morgan fingerprint density at radius 3 is 2.96 bits per heavy atom. The molecule has 0 aliphatic carbocycles. The first kappa shape index (κ1) is 15.9. The summed E-state index contributed by atoms with van der Waals surface area (Å²) in [6.45, 7) is 7.04. The van der Waals surface area contributed by atoms with Gasteiger partial charge in [0.2, 0.25) is 0 Å². The summed E-state index contributed by atoms with van der Waals surface area (Å²) in [5.41, 5.74) is 1.19. The quantitative estimate of drug-likeness (QED) is 0.872. The highest BCUT2D eigenvalue weighted by atomic mass is 16.6. The molecule has 1 aromatic heterocycles. The van der Waals surface area contributed by atoms with Crippen LogP contribution in [0, 0.1) is 0 Å². The third-order valence-electron chi connectivity index (χ3n) is 4.19. The topological polar surface area (TPSA) is 94.5 Å². The summed E-state index contributed by atoms with van der Waals surface area (Å²) in [5.74, 6) is 0.123. The Balaban J connectivity index is 1.93. The average molecular weight is 322 g/mol. The van der Waals surface area contributed by atoms with Crippen molar-refractivity contribution in [1.29, 1.82) is 0 Å². The number of fused-ring (bicyclic) bond motifs is 1. The van der Waals surface area contributed by atoms with E-state index in [4.69, 9.17) is 9.47 Å². The highest BCUT2D eigenvalue weighted by Gasteiger charge is 2.38. The van der Waals surface area contributed by atoms with Crippen molar-refractivity contribution >= 4 is 17.8 Å². The van der Waals surface area contributed by atoms with Gasteiger partial charge in [-0.1, -0.05) is 0 Å². The molecule has 1 saturated heterocycles. The van der Waals surface area contributed by atoms with E-state index in [0.29, 0.717) is 25.4 Å². The molecule has 0 saturated carbocycles. The van der Waals surface area contributed by atoms with Crippen molar-refractivity contribution in [2.45, 2.75) is 51.8 Å². The lowest BCUT2D eigenvalue weighted by Gasteiger charge is -2.17. The molecule has 0 radical (unpaired) electrons. The van der Waals surface area contributed by atoms with E-state index >= 15 is 0 Å². The predicted molar refractivity (Wildman–Crippen MR) is 82.1 cm³/mol. The predicted octanol–water partition coefficient (Wildman–Crippen LogP) is 1.34. The number of nitrogens with zero attached hydrogens (tertiary/aromatic N) is 2. The maximum absolute atomic E-state index is 12.4. The van der Waals surface area contributed by atoms with Crippen LogP contribution in [0.15, 0.2) is 0 Å². The molecule has 3 rings (SSSR count). The third kappa shape index (κ3) is 2.84. The number of carbonyl (C=O) groups excluding carboxylic acids is 2. The van der Waals surface area contributed by atoms with Gasteiger partial charge in [0, 0.05) is 18.7 Å². The van der Waals surface area contributed by atoms with E-state index in [1.165, 1.54) is 0 Å². The van der Waals surface area contributed by atoms with Gasteiger partial charge >= 0.3 is 6.09 Å². The fraction of sp³-hybridized carbons (Fsp3) is 0.667. The van der Waals surface area contributed by atoms with Crippen molar-refractivity contribution in [1.82, 2.24) is 15.1 Å². The number of hydrogen-bond donors (Lipinski definition) is 2. The number of amides is 1. The monoisotopic (exact) mass is 322 g/mol. The molecule has 126 valence electrons. The minimum atomic E-state index is -0.597. The minimum absolute atomic E-state index is 0.240. The van der Waals surface area contributed by atoms with Crippen LogP contribution in [0.2, 0.25) is 0 Å². The zero-order valence-corrected chi connectivity index (χ0v) is 13.6. The molecule has 1 atom stereocenters. The molecule has 1 amide bonds. The number of rotatable bonds is 3. The number of hydrogen-bond acceptors (Lipinski definition) is 6. The van der Waals surface area contributed by atoms with E-state index in [2.05, 4.69) is 15.7 Å². The van der Waals surface area contributed by atoms with Crippen LogP contribution in [0.25, 0.3) is 0 Å². The Labute approximate surface area is 134 Å². The van der Waals surface area contributed by atoms with Crippen molar-refractivity contribution < 1.29 is 19.1 Å². The SMILES string of the molecule is CCOC(=O)n1nc2c(c1NC(=O)C1CCCO1)CNC2(C)C. The zero-order chi connectivity index (χ0) is 16.6. The molecule has 2 N–H and O–H groups in total. The van der Waals surface area contributed by atoms with Gasteiger partial charge in [-0.3, -0.25) is 4.79 Å². The molecule has 0 spiro atoms. The first-order valence-electron chi connectivity index (χ1n) is 7.91. The Morgan fingerprint density at radius 2 is 2.30 bits per heavy atom. The molecule has 0 aromatic carbocycles. The van der Waals surface area contributed by atoms with Crippen LogP contribution in [0.3, 0.4) is 0 Å². The van der Waals surface area contributed by atoms with Crippen molar-refractivity contribution in [2.24, 2.45) is 0 Å². The molecule has 2 aliphatic rings. The molecule has 8 heteroatoms. The number of carbonyl (C=O) groups is 2. The highest BCUT2D eigenvalue weighted by Crippen LogP contribution is 2.34. The lowest BCUT2D eigenvalue weighted by molar-refractivity contribution is -0.124. The molecule has 1 fully saturated rings. The molecule has 2 aliphatic heterocycles. The summed E-state index contributed by atoms with van der Waals surface area (Å²) in [4.78, 5) is 24.5. The van der Waals surface area contributed by atoms with Crippen molar-refractivity contribution in [3.8, 4) is 0 Å². The Kier molecular flexibility index (Phi) is 4.11. The summed E-state index contributed by atoms with van der Waals surface area (Å²) >= 11 is 0. The van der Waals surface area contributed by atoms with Gasteiger partial charge in [-0.25, -0.2) is 4.79 Å². The lowest BCUT2D eigenvalue weighted by Crippen LogP contribution is -2.32. The number of aromatic nitrogens is 2. The molecule has 3 heterocycles. The van der Waals surface area contributed by atoms with E-state index in [1.54, 1.807) is 6.92 Å². The van der Waals surface area contributed by atoms with E-state index < -0.39 is 12.2 Å². The van der Waals surface area contributed by atoms with Gasteiger partial charge in [-0.05, 0) is 33.6 Å². The second kappa shape index (κ2) is 5.93.